The zero-order valence-electron chi connectivity index (χ0n) is 11.4. The number of hydrogen-bond acceptors (Lipinski definition) is 4. The summed E-state index contributed by atoms with van der Waals surface area (Å²) in [5.41, 5.74) is 0.995. The van der Waals surface area contributed by atoms with E-state index in [9.17, 15) is 0 Å². The van der Waals surface area contributed by atoms with Gasteiger partial charge >= 0.3 is 0 Å². The quantitative estimate of drug-likeness (QED) is 0.583. The molecule has 1 rings (SSSR count). The van der Waals surface area contributed by atoms with Crippen molar-refractivity contribution in [1.82, 2.24) is 9.97 Å². The van der Waals surface area contributed by atoms with Gasteiger partial charge in [0.25, 0.3) is 0 Å². The molecule has 0 aliphatic carbocycles. The molecule has 0 saturated carbocycles. The van der Waals surface area contributed by atoms with Crippen molar-refractivity contribution in [3.63, 3.8) is 0 Å². The molecule has 5 heteroatoms. The topological polar surface area (TPSA) is 47.0 Å². The third-order valence-corrected chi connectivity index (χ3v) is 2.54. The molecule has 0 aliphatic heterocycles. The van der Waals surface area contributed by atoms with Gasteiger partial charge in [-0.2, -0.15) is 0 Å². The van der Waals surface area contributed by atoms with Gasteiger partial charge in [-0.25, -0.2) is 9.97 Å². The van der Waals surface area contributed by atoms with Crippen molar-refractivity contribution >= 4 is 17.4 Å². The van der Waals surface area contributed by atoms with E-state index in [1.54, 1.807) is 0 Å². The number of anilines is 1. The number of nitrogens with zero attached hydrogens (tertiary/aromatic N) is 2. The Kier molecular flexibility index (Phi) is 6.98. The highest BCUT2D eigenvalue weighted by Gasteiger charge is 2.05. The fraction of sp³-hybridized carbons (Fsp3) is 0.692. The lowest BCUT2D eigenvalue weighted by molar-refractivity contribution is 0.149. The number of ether oxygens (including phenoxy) is 1. The monoisotopic (exact) mass is 271 g/mol. The number of nitrogens with one attached hydrogen (secondary N) is 1. The SMILES string of the molecule is Cc1cc(NCCCOCCCl)nc(C(C)C)n1. The van der Waals surface area contributed by atoms with Crippen LogP contribution in [0.4, 0.5) is 5.82 Å². The zero-order valence-corrected chi connectivity index (χ0v) is 12.1. The van der Waals surface area contributed by atoms with E-state index in [2.05, 4.69) is 29.1 Å². The first-order valence-corrected chi connectivity index (χ1v) is 6.90. The Labute approximate surface area is 114 Å². The van der Waals surface area contributed by atoms with Crippen LogP contribution in [0.1, 0.15) is 37.7 Å². The second kappa shape index (κ2) is 8.27. The molecule has 4 nitrogen and oxygen atoms in total. The normalized spacial score (nSPS) is 10.9. The number of halogens is 1. The Balaban J connectivity index is 2.37. The highest BCUT2D eigenvalue weighted by atomic mass is 35.5. The predicted octanol–water partition coefficient (Wildman–Crippen LogP) is 2.97. The molecule has 0 bridgehead atoms. The van der Waals surface area contributed by atoms with Crippen LogP contribution < -0.4 is 5.32 Å². The van der Waals surface area contributed by atoms with Crippen LogP contribution in [0, 0.1) is 6.92 Å². The molecule has 0 spiro atoms. The number of rotatable bonds is 8. The van der Waals surface area contributed by atoms with Crippen LogP contribution >= 0.6 is 11.6 Å². The molecule has 1 aromatic heterocycles. The lowest BCUT2D eigenvalue weighted by Gasteiger charge is -2.10. The van der Waals surface area contributed by atoms with E-state index in [0.717, 1.165) is 36.9 Å². The van der Waals surface area contributed by atoms with Crippen molar-refractivity contribution in [2.75, 3.05) is 31.0 Å². The summed E-state index contributed by atoms with van der Waals surface area (Å²) in [6, 6.07) is 1.96. The molecule has 0 radical (unpaired) electrons. The average Bonchev–Trinajstić information content (AvgIpc) is 2.33. The highest BCUT2D eigenvalue weighted by molar-refractivity contribution is 6.17. The van der Waals surface area contributed by atoms with Gasteiger partial charge in [0.2, 0.25) is 0 Å². The molecule has 0 amide bonds. The fourth-order valence-corrected chi connectivity index (χ4v) is 1.60. The van der Waals surface area contributed by atoms with E-state index in [-0.39, 0.29) is 0 Å². The maximum atomic E-state index is 5.52. The van der Waals surface area contributed by atoms with Crippen LogP contribution in [-0.4, -0.2) is 35.6 Å². The van der Waals surface area contributed by atoms with Crippen molar-refractivity contribution in [1.29, 1.82) is 0 Å². The van der Waals surface area contributed by atoms with Crippen LogP contribution in [0.25, 0.3) is 0 Å². The van der Waals surface area contributed by atoms with Crippen LogP contribution in [0.5, 0.6) is 0 Å². The Morgan fingerprint density at radius 1 is 1.33 bits per heavy atom. The molecule has 0 atom stereocenters. The zero-order chi connectivity index (χ0) is 13.4. The van der Waals surface area contributed by atoms with Crippen molar-refractivity contribution in [3.05, 3.63) is 17.6 Å². The smallest absolute Gasteiger partial charge is 0.133 e. The maximum Gasteiger partial charge on any atom is 0.133 e. The molecule has 0 aromatic carbocycles. The van der Waals surface area contributed by atoms with Crippen molar-refractivity contribution in [2.24, 2.45) is 0 Å². The summed E-state index contributed by atoms with van der Waals surface area (Å²) in [6.45, 7) is 8.36. The standard InChI is InChI=1S/C13H22ClN3O/c1-10(2)13-16-11(3)9-12(17-13)15-6-4-7-18-8-5-14/h9-10H,4-8H2,1-3H3,(H,15,16,17). The van der Waals surface area contributed by atoms with Gasteiger partial charge in [-0.1, -0.05) is 13.8 Å². The van der Waals surface area contributed by atoms with Gasteiger partial charge < -0.3 is 10.1 Å². The van der Waals surface area contributed by atoms with Gasteiger partial charge in [-0.15, -0.1) is 11.6 Å². The minimum Gasteiger partial charge on any atom is -0.380 e. The van der Waals surface area contributed by atoms with Gasteiger partial charge in [0, 0.05) is 36.7 Å². The van der Waals surface area contributed by atoms with Crippen LogP contribution in [0.3, 0.4) is 0 Å². The Bertz CT molecular complexity index is 358. The van der Waals surface area contributed by atoms with Crippen molar-refractivity contribution in [2.45, 2.75) is 33.1 Å². The van der Waals surface area contributed by atoms with E-state index in [1.807, 2.05) is 13.0 Å². The van der Waals surface area contributed by atoms with Gasteiger partial charge in [-0.3, -0.25) is 0 Å². The second-order valence-electron chi connectivity index (χ2n) is 4.49. The number of aromatic nitrogens is 2. The molecule has 0 saturated heterocycles. The summed E-state index contributed by atoms with van der Waals surface area (Å²) in [7, 11) is 0. The molecule has 18 heavy (non-hydrogen) atoms. The van der Waals surface area contributed by atoms with Crippen LogP contribution in [-0.2, 0) is 4.74 Å². The van der Waals surface area contributed by atoms with Crippen LogP contribution in [0.2, 0.25) is 0 Å². The lowest BCUT2D eigenvalue weighted by atomic mass is 10.2. The summed E-state index contributed by atoms with van der Waals surface area (Å²) in [5, 5.41) is 3.29. The molecular formula is C13H22ClN3O. The summed E-state index contributed by atoms with van der Waals surface area (Å²) >= 11 is 5.52. The Morgan fingerprint density at radius 3 is 2.78 bits per heavy atom. The summed E-state index contributed by atoms with van der Waals surface area (Å²) in [5.74, 6) is 2.67. The fourth-order valence-electron chi connectivity index (χ4n) is 1.49. The number of hydrogen-bond donors (Lipinski definition) is 1. The molecule has 0 unspecified atom stereocenters. The number of alkyl halides is 1. The summed E-state index contributed by atoms with van der Waals surface area (Å²) < 4.78 is 5.30. The molecule has 0 aliphatic rings. The third-order valence-electron chi connectivity index (χ3n) is 2.38. The average molecular weight is 272 g/mol. The predicted molar refractivity (Wildman–Crippen MR) is 75.5 cm³/mol. The molecule has 102 valence electrons. The van der Waals surface area contributed by atoms with E-state index < -0.39 is 0 Å². The molecular weight excluding hydrogens is 250 g/mol. The van der Waals surface area contributed by atoms with Gasteiger partial charge in [-0.05, 0) is 13.3 Å². The largest absolute Gasteiger partial charge is 0.380 e. The maximum absolute atomic E-state index is 5.52. The van der Waals surface area contributed by atoms with E-state index >= 15 is 0 Å². The molecule has 0 fully saturated rings. The first kappa shape index (κ1) is 15.2. The van der Waals surface area contributed by atoms with Crippen LogP contribution in [0.15, 0.2) is 6.07 Å². The minimum atomic E-state index is 0.345. The first-order chi connectivity index (χ1) is 8.63. The van der Waals surface area contributed by atoms with Gasteiger partial charge in [0.15, 0.2) is 0 Å². The highest BCUT2D eigenvalue weighted by Crippen LogP contribution is 2.13. The van der Waals surface area contributed by atoms with E-state index in [4.69, 9.17) is 16.3 Å². The lowest BCUT2D eigenvalue weighted by Crippen LogP contribution is -2.10. The molecule has 1 N–H and O–H groups in total. The first-order valence-electron chi connectivity index (χ1n) is 6.36. The van der Waals surface area contributed by atoms with E-state index in [0.29, 0.717) is 18.4 Å². The Morgan fingerprint density at radius 2 is 2.11 bits per heavy atom. The van der Waals surface area contributed by atoms with E-state index in [1.165, 1.54) is 0 Å². The van der Waals surface area contributed by atoms with Crippen molar-refractivity contribution in [3.8, 4) is 0 Å². The second-order valence-corrected chi connectivity index (χ2v) is 4.87. The number of aryl methyl sites for hydroxylation is 1. The third kappa shape index (κ3) is 5.65. The van der Waals surface area contributed by atoms with Gasteiger partial charge in [0.1, 0.15) is 11.6 Å². The molecule has 1 aromatic rings. The molecule has 1 heterocycles. The van der Waals surface area contributed by atoms with Gasteiger partial charge in [0.05, 0.1) is 6.61 Å². The van der Waals surface area contributed by atoms with Crippen molar-refractivity contribution < 1.29 is 4.74 Å². The summed E-state index contributed by atoms with van der Waals surface area (Å²) in [6.07, 6.45) is 0.941. The summed E-state index contributed by atoms with van der Waals surface area (Å²) in [4.78, 5) is 8.89. The minimum absolute atomic E-state index is 0.345. The Hall–Kier alpha value is -0.870.